The van der Waals surface area contributed by atoms with Crippen LogP contribution in [0, 0.1) is 0 Å². The molecule has 10 aromatic rings. The molecule has 0 radical (unpaired) electrons. The fourth-order valence-corrected chi connectivity index (χ4v) is 7.78. The Labute approximate surface area is 296 Å². The van der Waals surface area contributed by atoms with Crippen molar-refractivity contribution in [1.29, 1.82) is 0 Å². The van der Waals surface area contributed by atoms with E-state index >= 15 is 0 Å². The van der Waals surface area contributed by atoms with Crippen molar-refractivity contribution in [2.75, 3.05) is 4.90 Å². The number of anilines is 3. The molecule has 0 fully saturated rings. The highest BCUT2D eigenvalue weighted by molar-refractivity contribution is 6.20. The monoisotopic (exact) mass is 651 g/mol. The molecule has 51 heavy (non-hydrogen) atoms. The van der Waals surface area contributed by atoms with Crippen LogP contribution >= 0.6 is 0 Å². The van der Waals surface area contributed by atoms with Gasteiger partial charge in [-0.15, -0.1) is 0 Å². The molecular formula is C48H33N3. The van der Waals surface area contributed by atoms with Crippen LogP contribution in [0.25, 0.3) is 66.1 Å². The number of hydrogen-bond donors (Lipinski definition) is 0. The molecule has 8 aromatic carbocycles. The average Bonchev–Trinajstić information content (AvgIpc) is 3.70. The van der Waals surface area contributed by atoms with E-state index in [9.17, 15) is 0 Å². The molecule has 10 rings (SSSR count). The van der Waals surface area contributed by atoms with Crippen molar-refractivity contribution in [3.05, 3.63) is 200 Å². The van der Waals surface area contributed by atoms with Gasteiger partial charge in [-0.05, 0) is 102 Å². The van der Waals surface area contributed by atoms with Crippen molar-refractivity contribution in [3.8, 4) is 22.5 Å². The van der Waals surface area contributed by atoms with E-state index in [0.29, 0.717) is 0 Å². The standard InChI is InChI=1S/C48H33N3/c1-6-16-34(17-7-1)35-26-28-45-41(30-35)43-32-44-42-31-40(49(36-18-8-2-9-19-36)37-20-10-3-11-21-37)27-29-46(42)51(39-24-14-5-15-25-39)48(44)33-47(43)50(45)38-22-12-4-13-23-38/h1-33H. The Hall–Kier alpha value is -6.84. The molecule has 2 heterocycles. The quantitative estimate of drug-likeness (QED) is 0.174. The summed E-state index contributed by atoms with van der Waals surface area (Å²) in [6.45, 7) is 0. The van der Waals surface area contributed by atoms with Crippen LogP contribution in [0.3, 0.4) is 0 Å². The van der Waals surface area contributed by atoms with Gasteiger partial charge in [0.05, 0.1) is 22.1 Å². The van der Waals surface area contributed by atoms with Crippen molar-refractivity contribution in [2.45, 2.75) is 0 Å². The third-order valence-electron chi connectivity index (χ3n) is 10.1. The summed E-state index contributed by atoms with van der Waals surface area (Å²) in [4.78, 5) is 2.34. The fourth-order valence-electron chi connectivity index (χ4n) is 7.78. The predicted molar refractivity (Wildman–Crippen MR) is 215 cm³/mol. The molecule has 0 N–H and O–H groups in total. The topological polar surface area (TPSA) is 13.1 Å². The second-order valence-corrected chi connectivity index (χ2v) is 13.0. The van der Waals surface area contributed by atoms with Gasteiger partial charge in [0.1, 0.15) is 0 Å². The minimum absolute atomic E-state index is 1.12. The van der Waals surface area contributed by atoms with Gasteiger partial charge in [-0.1, -0.05) is 109 Å². The summed E-state index contributed by atoms with van der Waals surface area (Å²) in [5.41, 5.74) is 12.8. The number of benzene rings is 8. The van der Waals surface area contributed by atoms with E-state index in [1.165, 1.54) is 54.7 Å². The van der Waals surface area contributed by atoms with Crippen molar-refractivity contribution < 1.29 is 0 Å². The highest BCUT2D eigenvalue weighted by Gasteiger charge is 2.21. The van der Waals surface area contributed by atoms with Gasteiger partial charge in [-0.25, -0.2) is 0 Å². The second-order valence-electron chi connectivity index (χ2n) is 13.0. The zero-order valence-electron chi connectivity index (χ0n) is 27.9. The van der Waals surface area contributed by atoms with Crippen LogP contribution in [0.15, 0.2) is 200 Å². The zero-order valence-corrected chi connectivity index (χ0v) is 27.9. The van der Waals surface area contributed by atoms with E-state index in [-0.39, 0.29) is 0 Å². The normalized spacial score (nSPS) is 11.5. The molecule has 3 heteroatoms. The van der Waals surface area contributed by atoms with Gasteiger partial charge in [0.15, 0.2) is 0 Å². The lowest BCUT2D eigenvalue weighted by Gasteiger charge is -2.25. The summed E-state index contributed by atoms with van der Waals surface area (Å²) in [5, 5.41) is 4.91. The van der Waals surface area contributed by atoms with Crippen LogP contribution in [0.5, 0.6) is 0 Å². The molecule has 0 saturated heterocycles. The van der Waals surface area contributed by atoms with E-state index < -0.39 is 0 Å². The molecule has 0 aliphatic carbocycles. The minimum atomic E-state index is 1.12. The summed E-state index contributed by atoms with van der Waals surface area (Å²) in [7, 11) is 0. The first-order valence-corrected chi connectivity index (χ1v) is 17.4. The average molecular weight is 652 g/mol. The number of para-hydroxylation sites is 4. The minimum Gasteiger partial charge on any atom is -0.310 e. The van der Waals surface area contributed by atoms with Crippen LogP contribution in [0.2, 0.25) is 0 Å². The van der Waals surface area contributed by atoms with Gasteiger partial charge < -0.3 is 14.0 Å². The van der Waals surface area contributed by atoms with Crippen LogP contribution in [0.4, 0.5) is 17.1 Å². The van der Waals surface area contributed by atoms with Crippen molar-refractivity contribution in [2.24, 2.45) is 0 Å². The molecule has 0 amide bonds. The Balaban J connectivity index is 1.31. The lowest BCUT2D eigenvalue weighted by molar-refractivity contribution is 1.16. The van der Waals surface area contributed by atoms with Gasteiger partial charge >= 0.3 is 0 Å². The lowest BCUT2D eigenvalue weighted by Crippen LogP contribution is -2.09. The highest BCUT2D eigenvalue weighted by Crippen LogP contribution is 2.43. The molecule has 0 saturated carbocycles. The summed E-state index contributed by atoms with van der Waals surface area (Å²) >= 11 is 0. The summed E-state index contributed by atoms with van der Waals surface area (Å²) in [5.74, 6) is 0. The van der Waals surface area contributed by atoms with E-state index in [2.05, 4.69) is 214 Å². The molecule has 3 nitrogen and oxygen atoms in total. The second kappa shape index (κ2) is 11.9. The van der Waals surface area contributed by atoms with Crippen LogP contribution in [0.1, 0.15) is 0 Å². The zero-order chi connectivity index (χ0) is 33.7. The van der Waals surface area contributed by atoms with Gasteiger partial charge in [0.2, 0.25) is 0 Å². The lowest BCUT2D eigenvalue weighted by atomic mass is 10.0. The maximum absolute atomic E-state index is 2.43. The van der Waals surface area contributed by atoms with Gasteiger partial charge in [0.25, 0.3) is 0 Å². The highest BCUT2D eigenvalue weighted by atomic mass is 15.1. The molecule has 240 valence electrons. The Kier molecular flexibility index (Phi) is 6.81. The SMILES string of the molecule is c1ccc(-c2ccc3c(c2)c2cc4c5cc(N(c6ccccc6)c6ccccc6)ccc5n(-c5ccccc5)c4cc2n3-c2ccccc2)cc1. The maximum atomic E-state index is 2.43. The van der Waals surface area contributed by atoms with E-state index in [0.717, 1.165) is 28.4 Å². The number of nitrogens with zero attached hydrogens (tertiary/aromatic N) is 3. The van der Waals surface area contributed by atoms with Crippen molar-refractivity contribution in [1.82, 2.24) is 9.13 Å². The van der Waals surface area contributed by atoms with Crippen molar-refractivity contribution in [3.63, 3.8) is 0 Å². The number of aromatic nitrogens is 2. The molecule has 2 aromatic heterocycles. The van der Waals surface area contributed by atoms with E-state index in [1.807, 2.05) is 0 Å². The Morgan fingerprint density at radius 2 is 0.706 bits per heavy atom. The molecule has 0 aliphatic rings. The Morgan fingerprint density at radius 1 is 0.275 bits per heavy atom. The Morgan fingerprint density at radius 3 is 1.24 bits per heavy atom. The first kappa shape index (κ1) is 29.1. The largest absolute Gasteiger partial charge is 0.310 e. The third-order valence-corrected chi connectivity index (χ3v) is 10.1. The van der Waals surface area contributed by atoms with Gasteiger partial charge in [-0.3, -0.25) is 0 Å². The molecular weight excluding hydrogens is 619 g/mol. The number of rotatable bonds is 6. The maximum Gasteiger partial charge on any atom is 0.0562 e. The summed E-state index contributed by atoms with van der Waals surface area (Å²) in [6.07, 6.45) is 0. The summed E-state index contributed by atoms with van der Waals surface area (Å²) < 4.78 is 4.84. The fraction of sp³-hybridized carbons (Fsp3) is 0. The van der Waals surface area contributed by atoms with E-state index in [1.54, 1.807) is 0 Å². The Bertz CT molecular complexity index is 2780. The van der Waals surface area contributed by atoms with E-state index in [4.69, 9.17) is 0 Å². The number of fused-ring (bicyclic) bond motifs is 6. The first-order valence-electron chi connectivity index (χ1n) is 17.4. The van der Waals surface area contributed by atoms with Crippen LogP contribution < -0.4 is 4.90 Å². The summed E-state index contributed by atoms with van der Waals surface area (Å²) in [6, 6.07) is 72.1. The molecule has 0 bridgehead atoms. The molecule has 0 aliphatic heterocycles. The molecule has 0 spiro atoms. The van der Waals surface area contributed by atoms with Crippen LogP contribution in [-0.2, 0) is 0 Å². The van der Waals surface area contributed by atoms with Gasteiger partial charge in [0, 0.05) is 50.0 Å². The molecule has 0 unspecified atom stereocenters. The van der Waals surface area contributed by atoms with Gasteiger partial charge in [-0.2, -0.15) is 0 Å². The molecule has 0 atom stereocenters. The third kappa shape index (κ3) is 4.82. The smallest absolute Gasteiger partial charge is 0.0562 e. The number of hydrogen-bond acceptors (Lipinski definition) is 1. The predicted octanol–water partition coefficient (Wildman–Crippen LogP) is 13.0. The van der Waals surface area contributed by atoms with Crippen LogP contribution in [-0.4, -0.2) is 9.13 Å². The van der Waals surface area contributed by atoms with Crippen molar-refractivity contribution >= 4 is 60.7 Å². The first-order chi connectivity index (χ1) is 25.3.